The second kappa shape index (κ2) is 6.39. The third kappa shape index (κ3) is 3.28. The van der Waals surface area contributed by atoms with Crippen molar-refractivity contribution in [2.75, 3.05) is 7.11 Å². The average molecular weight is 284 g/mol. The highest BCUT2D eigenvalue weighted by Crippen LogP contribution is 2.23. The van der Waals surface area contributed by atoms with Crippen LogP contribution < -0.4 is 9.47 Å². The molecule has 2 aromatic carbocycles. The summed E-state index contributed by atoms with van der Waals surface area (Å²) in [6.45, 7) is 0.0803. The lowest BCUT2D eigenvalue weighted by molar-refractivity contribution is -0.385. The first kappa shape index (κ1) is 14.3. The predicted octanol–water partition coefficient (Wildman–Crippen LogP) is 3.05. The summed E-state index contributed by atoms with van der Waals surface area (Å²) in [6, 6.07) is 13.3. The van der Waals surface area contributed by atoms with Crippen molar-refractivity contribution in [1.82, 2.24) is 0 Å². The van der Waals surface area contributed by atoms with Crippen molar-refractivity contribution in [3.63, 3.8) is 0 Å². The Labute approximate surface area is 121 Å². The molecule has 21 heavy (non-hydrogen) atoms. The molecule has 0 saturated carbocycles. The fourth-order valence-electron chi connectivity index (χ4n) is 1.82. The van der Waals surface area contributed by atoms with Crippen molar-refractivity contribution >= 4 is 5.69 Å². The van der Waals surface area contributed by atoms with Gasteiger partial charge in [-0.25, -0.2) is 0 Å². The van der Waals surface area contributed by atoms with Gasteiger partial charge >= 0.3 is 0 Å². The second-order valence-corrected chi connectivity index (χ2v) is 4.14. The Hall–Kier alpha value is -3.07. The van der Waals surface area contributed by atoms with Crippen LogP contribution in [0.2, 0.25) is 0 Å². The van der Waals surface area contributed by atoms with E-state index in [0.29, 0.717) is 17.1 Å². The number of nitriles is 1. The second-order valence-electron chi connectivity index (χ2n) is 4.14. The van der Waals surface area contributed by atoms with Gasteiger partial charge in [-0.1, -0.05) is 12.1 Å². The summed E-state index contributed by atoms with van der Waals surface area (Å²) in [6.07, 6.45) is 0. The van der Waals surface area contributed by atoms with E-state index in [9.17, 15) is 10.1 Å². The van der Waals surface area contributed by atoms with Gasteiger partial charge in [0.15, 0.2) is 0 Å². The van der Waals surface area contributed by atoms with Gasteiger partial charge in [0.25, 0.3) is 5.69 Å². The van der Waals surface area contributed by atoms with Gasteiger partial charge in [-0.3, -0.25) is 10.1 Å². The molecule has 0 radical (unpaired) electrons. The van der Waals surface area contributed by atoms with Crippen molar-refractivity contribution in [3.05, 3.63) is 63.7 Å². The van der Waals surface area contributed by atoms with E-state index in [2.05, 4.69) is 0 Å². The van der Waals surface area contributed by atoms with Crippen LogP contribution in [0.3, 0.4) is 0 Å². The molecule has 0 aromatic heterocycles. The lowest BCUT2D eigenvalue weighted by Crippen LogP contribution is -2.01. The first-order valence-electron chi connectivity index (χ1n) is 6.09. The number of nitrogens with zero attached hydrogens (tertiary/aromatic N) is 2. The number of hydrogen-bond acceptors (Lipinski definition) is 5. The Bertz CT molecular complexity index is 690. The molecule has 0 heterocycles. The predicted molar refractivity (Wildman–Crippen MR) is 75.1 cm³/mol. The van der Waals surface area contributed by atoms with E-state index in [-0.39, 0.29) is 17.9 Å². The molecule has 0 amide bonds. The Morgan fingerprint density at radius 2 is 1.86 bits per heavy atom. The minimum absolute atomic E-state index is 0.0241. The maximum Gasteiger partial charge on any atom is 0.287 e. The van der Waals surface area contributed by atoms with Crippen LogP contribution in [0.4, 0.5) is 5.69 Å². The highest BCUT2D eigenvalue weighted by atomic mass is 16.6. The molecule has 2 aromatic rings. The summed E-state index contributed by atoms with van der Waals surface area (Å²) >= 11 is 0. The minimum Gasteiger partial charge on any atom is -0.497 e. The van der Waals surface area contributed by atoms with E-state index in [1.807, 2.05) is 6.07 Å². The maximum atomic E-state index is 10.9. The zero-order chi connectivity index (χ0) is 15.2. The highest BCUT2D eigenvalue weighted by molar-refractivity contribution is 5.53. The molecule has 6 nitrogen and oxygen atoms in total. The van der Waals surface area contributed by atoms with Gasteiger partial charge in [-0.2, -0.15) is 5.26 Å². The summed E-state index contributed by atoms with van der Waals surface area (Å²) in [7, 11) is 1.57. The quantitative estimate of drug-likeness (QED) is 0.622. The summed E-state index contributed by atoms with van der Waals surface area (Å²) in [4.78, 5) is 10.3. The van der Waals surface area contributed by atoms with Crippen LogP contribution in [0.15, 0.2) is 42.5 Å². The largest absolute Gasteiger partial charge is 0.497 e. The smallest absolute Gasteiger partial charge is 0.287 e. The third-order valence-corrected chi connectivity index (χ3v) is 2.89. The molecule has 0 spiro atoms. The van der Waals surface area contributed by atoms with Crippen molar-refractivity contribution < 1.29 is 14.4 Å². The monoisotopic (exact) mass is 284 g/mol. The summed E-state index contributed by atoms with van der Waals surface area (Å²) in [5.41, 5.74) is 0.284. The molecule has 0 aliphatic heterocycles. The molecule has 0 unspecified atom stereocenters. The fourth-order valence-corrected chi connectivity index (χ4v) is 1.82. The Morgan fingerprint density at radius 1 is 1.19 bits per heavy atom. The van der Waals surface area contributed by atoms with Crippen LogP contribution in [0.25, 0.3) is 0 Å². The van der Waals surface area contributed by atoms with Crippen LogP contribution in [-0.2, 0) is 6.61 Å². The van der Waals surface area contributed by atoms with Gasteiger partial charge in [-0.15, -0.1) is 0 Å². The molecule has 0 fully saturated rings. The Kier molecular flexibility index (Phi) is 4.36. The van der Waals surface area contributed by atoms with Crippen LogP contribution in [0.1, 0.15) is 11.1 Å². The lowest BCUT2D eigenvalue weighted by Gasteiger charge is -2.08. The molecule has 0 N–H and O–H groups in total. The van der Waals surface area contributed by atoms with Crippen LogP contribution in [-0.4, -0.2) is 12.0 Å². The number of nitro benzene ring substituents is 1. The topological polar surface area (TPSA) is 85.4 Å². The summed E-state index contributed by atoms with van der Waals surface area (Å²) in [5.74, 6) is 1.29. The maximum absolute atomic E-state index is 10.9. The van der Waals surface area contributed by atoms with Crippen molar-refractivity contribution in [2.45, 2.75) is 6.61 Å². The molecule has 0 bridgehead atoms. The van der Waals surface area contributed by atoms with Gasteiger partial charge in [0, 0.05) is 11.6 Å². The van der Waals surface area contributed by atoms with Gasteiger partial charge in [0.2, 0.25) is 0 Å². The van der Waals surface area contributed by atoms with Crippen molar-refractivity contribution in [3.8, 4) is 17.6 Å². The molecule has 0 atom stereocenters. The van der Waals surface area contributed by atoms with Crippen LogP contribution >= 0.6 is 0 Å². The van der Waals surface area contributed by atoms with E-state index in [4.69, 9.17) is 14.7 Å². The number of nitro groups is 1. The van der Waals surface area contributed by atoms with E-state index < -0.39 is 4.92 Å². The molecule has 0 aliphatic carbocycles. The molecule has 0 aliphatic rings. The Morgan fingerprint density at radius 3 is 2.43 bits per heavy atom. The van der Waals surface area contributed by atoms with Crippen molar-refractivity contribution in [2.24, 2.45) is 0 Å². The summed E-state index contributed by atoms with van der Waals surface area (Å²) in [5, 5.41) is 20.0. The number of hydrogen-bond donors (Lipinski definition) is 0. The van der Waals surface area contributed by atoms with Gasteiger partial charge < -0.3 is 9.47 Å². The van der Waals surface area contributed by atoms with Gasteiger partial charge in [-0.05, 0) is 24.3 Å². The zero-order valence-corrected chi connectivity index (χ0v) is 11.3. The first-order chi connectivity index (χ1) is 10.2. The van der Waals surface area contributed by atoms with E-state index >= 15 is 0 Å². The SMILES string of the molecule is COc1ccc(OCc2cccc([N+](=O)[O-])c2C#N)cc1. The normalized spacial score (nSPS) is 9.71. The molecule has 2 rings (SSSR count). The molecular weight excluding hydrogens is 272 g/mol. The lowest BCUT2D eigenvalue weighted by atomic mass is 10.1. The standard InChI is InChI=1S/C15H12N2O4/c1-20-12-5-7-13(8-6-12)21-10-11-3-2-4-15(17(18)19)14(11)9-16/h2-8H,10H2,1H3. The average Bonchev–Trinajstić information content (AvgIpc) is 2.52. The molecule has 6 heteroatoms. The number of rotatable bonds is 5. The number of methoxy groups -OCH3 is 1. The fraction of sp³-hybridized carbons (Fsp3) is 0.133. The Balaban J connectivity index is 2.18. The summed E-state index contributed by atoms with van der Waals surface area (Å²) < 4.78 is 10.6. The third-order valence-electron chi connectivity index (χ3n) is 2.89. The minimum atomic E-state index is -0.574. The number of benzene rings is 2. The van der Waals surface area contributed by atoms with E-state index in [1.165, 1.54) is 12.1 Å². The van der Waals surface area contributed by atoms with Crippen LogP contribution in [0.5, 0.6) is 11.5 Å². The van der Waals surface area contributed by atoms with E-state index in [0.717, 1.165) is 0 Å². The van der Waals surface area contributed by atoms with E-state index in [1.54, 1.807) is 37.4 Å². The first-order valence-corrected chi connectivity index (χ1v) is 6.09. The van der Waals surface area contributed by atoms with Gasteiger partial charge in [0.05, 0.1) is 12.0 Å². The molecule has 106 valence electrons. The van der Waals surface area contributed by atoms with Crippen LogP contribution in [0, 0.1) is 21.4 Å². The molecular formula is C15H12N2O4. The van der Waals surface area contributed by atoms with Crippen molar-refractivity contribution in [1.29, 1.82) is 5.26 Å². The number of ether oxygens (including phenoxy) is 2. The highest BCUT2D eigenvalue weighted by Gasteiger charge is 2.17. The van der Waals surface area contributed by atoms with Gasteiger partial charge in [0.1, 0.15) is 29.7 Å². The zero-order valence-electron chi connectivity index (χ0n) is 11.3. The molecule has 0 saturated heterocycles.